The average molecular weight is 438 g/mol. The maximum absolute atomic E-state index is 12.7. The number of alkyl halides is 3. The number of carbonyl (C=O) groups excluding carboxylic acids is 1. The fourth-order valence-corrected chi connectivity index (χ4v) is 4.73. The summed E-state index contributed by atoms with van der Waals surface area (Å²) in [4.78, 5) is 22.1. The lowest BCUT2D eigenvalue weighted by Gasteiger charge is -2.22. The molecular formula is C18H25F3N2O5S. The van der Waals surface area contributed by atoms with Crippen LogP contribution in [0.4, 0.5) is 13.2 Å². The first-order chi connectivity index (χ1) is 13.5. The number of nitrogens with zero attached hydrogens (tertiary/aromatic N) is 1. The molecule has 164 valence electrons. The fourth-order valence-electron chi connectivity index (χ4n) is 2.92. The Balaban J connectivity index is 0.00000132. The maximum atomic E-state index is 12.7. The van der Waals surface area contributed by atoms with E-state index in [-0.39, 0.29) is 42.9 Å². The molecule has 0 aliphatic carbocycles. The van der Waals surface area contributed by atoms with Gasteiger partial charge in [0.1, 0.15) is 0 Å². The van der Waals surface area contributed by atoms with Crippen LogP contribution in [0, 0.1) is 0 Å². The van der Waals surface area contributed by atoms with Crippen molar-refractivity contribution in [2.45, 2.75) is 31.5 Å². The molecule has 1 fully saturated rings. The summed E-state index contributed by atoms with van der Waals surface area (Å²) in [5, 5.41) is 9.58. The summed E-state index contributed by atoms with van der Waals surface area (Å²) in [5.74, 6) is 0.107. The largest absolute Gasteiger partial charge is 0.483 e. The number of hydrogen-bond donors (Lipinski definition) is 2. The molecule has 1 unspecified atom stereocenters. The Bertz CT molecular complexity index is 784. The highest BCUT2D eigenvalue weighted by Crippen LogP contribution is 2.29. The number of sulfone groups is 1. The summed E-state index contributed by atoms with van der Waals surface area (Å²) in [6, 6.07) is 4.99. The highest BCUT2D eigenvalue weighted by atomic mass is 32.2. The predicted octanol–water partition coefficient (Wildman–Crippen LogP) is 1.57. The number of hydrogen-bond acceptors (Lipinski definition) is 5. The molecule has 0 aromatic heterocycles. The van der Waals surface area contributed by atoms with Crippen LogP contribution in [0.3, 0.4) is 0 Å². The molecule has 1 atom stereocenters. The van der Waals surface area contributed by atoms with Crippen LogP contribution in [0.5, 0.6) is 0 Å². The second-order valence-corrected chi connectivity index (χ2v) is 8.92. The van der Waals surface area contributed by atoms with E-state index in [2.05, 4.69) is 5.32 Å². The molecule has 1 heterocycles. The highest BCUT2D eigenvalue weighted by molar-refractivity contribution is 7.91. The van der Waals surface area contributed by atoms with Crippen molar-refractivity contribution in [2.75, 3.05) is 31.6 Å². The number of carboxylic acid groups (broad SMARTS) is 1. The molecule has 0 bridgehead atoms. The number of carbonyl (C=O) groups is 2. The molecule has 1 aromatic rings. The number of rotatable bonds is 7. The molecule has 0 radical (unpaired) electrons. The molecule has 1 amide bonds. The maximum Gasteiger partial charge on any atom is 0.416 e. The van der Waals surface area contributed by atoms with E-state index in [9.17, 15) is 26.4 Å². The second-order valence-electron chi connectivity index (χ2n) is 6.69. The Kier molecular flexibility index (Phi) is 9.57. The van der Waals surface area contributed by atoms with Crippen molar-refractivity contribution in [3.63, 3.8) is 0 Å². The van der Waals surface area contributed by atoms with Gasteiger partial charge in [-0.1, -0.05) is 18.2 Å². The molecule has 29 heavy (non-hydrogen) atoms. The first-order valence-electron chi connectivity index (χ1n) is 8.90. The topological polar surface area (TPSA) is 104 Å². The van der Waals surface area contributed by atoms with E-state index in [0.29, 0.717) is 24.9 Å². The zero-order chi connectivity index (χ0) is 22.1. The molecule has 2 N–H and O–H groups in total. The Morgan fingerprint density at radius 2 is 2.03 bits per heavy atom. The molecule has 1 aliphatic rings. The molecule has 2 rings (SSSR count). The lowest BCUT2D eigenvalue weighted by Crippen LogP contribution is -2.36. The molecule has 1 aromatic carbocycles. The number of halogens is 3. The monoisotopic (exact) mass is 438 g/mol. The summed E-state index contributed by atoms with van der Waals surface area (Å²) >= 11 is 0. The first-order valence-corrected chi connectivity index (χ1v) is 10.7. The molecule has 0 spiro atoms. The average Bonchev–Trinajstić information content (AvgIpc) is 3.00. The van der Waals surface area contributed by atoms with E-state index in [4.69, 9.17) is 9.90 Å². The highest BCUT2D eigenvalue weighted by Gasteiger charge is 2.31. The van der Waals surface area contributed by atoms with Gasteiger partial charge in [0.05, 0.1) is 17.1 Å². The summed E-state index contributed by atoms with van der Waals surface area (Å²) < 4.78 is 60.9. The van der Waals surface area contributed by atoms with E-state index in [1.807, 2.05) is 4.90 Å². The summed E-state index contributed by atoms with van der Waals surface area (Å²) in [6.07, 6.45) is -3.27. The van der Waals surface area contributed by atoms with Gasteiger partial charge in [-0.15, -0.1) is 0 Å². The molecule has 1 aliphatic heterocycles. The van der Waals surface area contributed by atoms with Gasteiger partial charge in [-0.3, -0.25) is 9.59 Å². The lowest BCUT2D eigenvalue weighted by molar-refractivity contribution is -0.137. The van der Waals surface area contributed by atoms with Gasteiger partial charge in [0.25, 0.3) is 6.47 Å². The lowest BCUT2D eigenvalue weighted by atomic mass is 10.1. The van der Waals surface area contributed by atoms with Crippen molar-refractivity contribution >= 4 is 22.2 Å². The van der Waals surface area contributed by atoms with Crippen molar-refractivity contribution in [1.29, 1.82) is 0 Å². The van der Waals surface area contributed by atoms with Crippen LogP contribution < -0.4 is 5.32 Å². The van der Waals surface area contributed by atoms with Crippen molar-refractivity contribution in [2.24, 2.45) is 0 Å². The zero-order valence-electron chi connectivity index (χ0n) is 16.0. The Labute approximate surface area is 167 Å². The quantitative estimate of drug-likeness (QED) is 0.627. The van der Waals surface area contributed by atoms with Crippen LogP contribution in [-0.2, 0) is 32.0 Å². The van der Waals surface area contributed by atoms with Gasteiger partial charge in [0, 0.05) is 25.6 Å². The van der Waals surface area contributed by atoms with Crippen LogP contribution in [0.15, 0.2) is 24.3 Å². The fraction of sp³-hybridized carbons (Fsp3) is 0.556. The van der Waals surface area contributed by atoms with Gasteiger partial charge in [-0.2, -0.15) is 13.2 Å². The van der Waals surface area contributed by atoms with Crippen molar-refractivity contribution < 1.29 is 36.3 Å². The van der Waals surface area contributed by atoms with Crippen LogP contribution in [0.1, 0.15) is 24.0 Å². The van der Waals surface area contributed by atoms with E-state index < -0.39 is 21.6 Å². The Hall–Kier alpha value is -2.14. The zero-order valence-corrected chi connectivity index (χ0v) is 16.8. The van der Waals surface area contributed by atoms with Crippen LogP contribution in [0.2, 0.25) is 0 Å². The van der Waals surface area contributed by atoms with Gasteiger partial charge in [0.15, 0.2) is 9.84 Å². The molecule has 0 saturated carbocycles. The minimum absolute atomic E-state index is 0.0575. The molecule has 1 saturated heterocycles. The smallest absolute Gasteiger partial charge is 0.416 e. The summed E-state index contributed by atoms with van der Waals surface area (Å²) in [7, 11) is -1.17. The number of benzene rings is 1. The van der Waals surface area contributed by atoms with E-state index in [0.717, 1.165) is 12.1 Å². The molecule has 7 nitrogen and oxygen atoms in total. The third kappa shape index (κ3) is 9.27. The molecular weight excluding hydrogens is 413 g/mol. The van der Waals surface area contributed by atoms with Gasteiger partial charge >= 0.3 is 6.18 Å². The van der Waals surface area contributed by atoms with Gasteiger partial charge in [-0.25, -0.2) is 8.42 Å². The third-order valence-electron chi connectivity index (χ3n) is 4.51. The van der Waals surface area contributed by atoms with Crippen LogP contribution >= 0.6 is 0 Å². The van der Waals surface area contributed by atoms with Crippen LogP contribution in [0.25, 0.3) is 0 Å². The van der Waals surface area contributed by atoms with Crippen molar-refractivity contribution in [1.82, 2.24) is 10.2 Å². The SMILES string of the molecule is CN(CCC(=O)NCCc1cccc(C(F)(F)F)c1)C1CCS(=O)(=O)C1.O=CO. The van der Waals surface area contributed by atoms with Crippen molar-refractivity contribution in [3.8, 4) is 0 Å². The Morgan fingerprint density at radius 1 is 1.38 bits per heavy atom. The van der Waals surface area contributed by atoms with E-state index in [1.165, 1.54) is 6.07 Å². The number of amides is 1. The standard InChI is InChI=1S/C17H23F3N2O3S.CH2O2/c1-22(15-7-10-26(24,25)12-15)9-6-16(23)21-8-5-13-3-2-4-14(11-13)17(18,19)20;2-1-3/h2-4,11,15H,5-10,12H2,1H3,(H,21,23);1H,(H,2,3). The normalized spacial score (nSPS) is 18.0. The van der Waals surface area contributed by atoms with Gasteiger partial charge < -0.3 is 15.3 Å². The van der Waals surface area contributed by atoms with E-state index >= 15 is 0 Å². The number of nitrogens with one attached hydrogen (secondary N) is 1. The minimum Gasteiger partial charge on any atom is -0.483 e. The van der Waals surface area contributed by atoms with Gasteiger partial charge in [-0.05, 0) is 31.5 Å². The minimum atomic E-state index is -4.38. The summed E-state index contributed by atoms with van der Waals surface area (Å²) in [6.45, 7) is 0.442. The van der Waals surface area contributed by atoms with Crippen LogP contribution in [-0.4, -0.2) is 68.5 Å². The predicted molar refractivity (Wildman–Crippen MR) is 101 cm³/mol. The second kappa shape index (κ2) is 11.1. The first kappa shape index (κ1) is 24.9. The third-order valence-corrected chi connectivity index (χ3v) is 6.26. The molecule has 11 heteroatoms. The van der Waals surface area contributed by atoms with E-state index in [1.54, 1.807) is 13.1 Å². The van der Waals surface area contributed by atoms with Gasteiger partial charge in [0.2, 0.25) is 5.91 Å². The van der Waals surface area contributed by atoms with Crippen molar-refractivity contribution in [3.05, 3.63) is 35.4 Å². The Morgan fingerprint density at radius 3 is 2.59 bits per heavy atom. The summed E-state index contributed by atoms with van der Waals surface area (Å²) in [5.41, 5.74) is -0.192.